The zero-order valence-electron chi connectivity index (χ0n) is 12.8. The van der Waals surface area contributed by atoms with Crippen LogP contribution in [0.25, 0.3) is 0 Å². The van der Waals surface area contributed by atoms with E-state index in [4.69, 9.17) is 4.74 Å². The quantitative estimate of drug-likeness (QED) is 0.408. The molecule has 0 spiro atoms. The highest BCUT2D eigenvalue weighted by Gasteiger charge is 2.24. The summed E-state index contributed by atoms with van der Waals surface area (Å²) < 4.78 is 40.0. The fourth-order valence-electron chi connectivity index (χ4n) is 1.59. The van der Waals surface area contributed by atoms with Crippen LogP contribution in [0.4, 0.5) is 5.69 Å². The minimum Gasteiger partial charge on any atom is -0.462 e. The minimum absolute atomic E-state index is 0.219. The van der Waals surface area contributed by atoms with Gasteiger partial charge in [-0.25, -0.2) is 8.42 Å². The van der Waals surface area contributed by atoms with Crippen molar-refractivity contribution in [2.45, 2.75) is 36.2 Å². The SMILES string of the molecule is CCC(C)OC(=O)CS(=O)c1ccc(S(C)(=O)=O)cc1[N+](=O)[O-]. The van der Waals surface area contributed by atoms with Gasteiger partial charge in [-0.1, -0.05) is 6.92 Å². The molecule has 10 heteroatoms. The number of hydrogen-bond donors (Lipinski definition) is 0. The van der Waals surface area contributed by atoms with Crippen LogP contribution < -0.4 is 0 Å². The van der Waals surface area contributed by atoms with Gasteiger partial charge in [0.2, 0.25) is 0 Å². The van der Waals surface area contributed by atoms with E-state index in [0.717, 1.165) is 24.5 Å². The maximum absolute atomic E-state index is 12.2. The lowest BCUT2D eigenvalue weighted by Gasteiger charge is -2.10. The standard InChI is InChI=1S/C13H17NO7S2/c1-4-9(2)21-13(15)8-22(18)12-6-5-10(23(3,19)20)7-11(12)14(16)17/h5-7,9H,4,8H2,1-3H3. The number of carbonyl (C=O) groups excluding carboxylic acids is 1. The lowest BCUT2D eigenvalue weighted by atomic mass is 10.3. The van der Waals surface area contributed by atoms with Gasteiger partial charge in [0.15, 0.2) is 9.84 Å². The van der Waals surface area contributed by atoms with E-state index in [1.807, 2.05) is 6.92 Å². The van der Waals surface area contributed by atoms with Crippen molar-refractivity contribution in [2.24, 2.45) is 0 Å². The van der Waals surface area contributed by atoms with E-state index in [9.17, 15) is 27.5 Å². The molecule has 0 saturated carbocycles. The Kier molecular flexibility index (Phi) is 6.39. The molecule has 0 fully saturated rings. The minimum atomic E-state index is -3.64. The molecule has 2 atom stereocenters. The van der Waals surface area contributed by atoms with Gasteiger partial charge in [-0.05, 0) is 25.5 Å². The summed E-state index contributed by atoms with van der Waals surface area (Å²) in [5.74, 6) is -1.28. The molecular formula is C13H17NO7S2. The molecule has 0 N–H and O–H groups in total. The van der Waals surface area contributed by atoms with Gasteiger partial charge in [-0.3, -0.25) is 19.1 Å². The number of sulfone groups is 1. The zero-order chi connectivity index (χ0) is 17.8. The third-order valence-electron chi connectivity index (χ3n) is 2.96. The molecule has 1 aromatic rings. The summed E-state index contributed by atoms with van der Waals surface area (Å²) in [7, 11) is -5.65. The number of rotatable bonds is 7. The van der Waals surface area contributed by atoms with Crippen molar-refractivity contribution in [2.75, 3.05) is 12.0 Å². The van der Waals surface area contributed by atoms with Crippen LogP contribution in [0.2, 0.25) is 0 Å². The van der Waals surface area contributed by atoms with E-state index in [-0.39, 0.29) is 15.9 Å². The molecule has 0 aliphatic heterocycles. The summed E-state index contributed by atoms with van der Waals surface area (Å²) >= 11 is 0. The third kappa shape index (κ3) is 5.39. The Labute approximate surface area is 136 Å². The second-order valence-electron chi connectivity index (χ2n) is 4.86. The molecular weight excluding hydrogens is 346 g/mol. The fourth-order valence-corrected chi connectivity index (χ4v) is 3.25. The number of esters is 1. The lowest BCUT2D eigenvalue weighted by molar-refractivity contribution is -0.388. The Balaban J connectivity index is 3.10. The molecule has 0 saturated heterocycles. The topological polar surface area (TPSA) is 121 Å². The summed E-state index contributed by atoms with van der Waals surface area (Å²) in [6, 6.07) is 3.04. The molecule has 0 radical (unpaired) electrons. The molecule has 0 aromatic heterocycles. The predicted molar refractivity (Wildman–Crippen MR) is 83.3 cm³/mol. The van der Waals surface area contributed by atoms with Gasteiger partial charge in [0.05, 0.1) is 26.7 Å². The molecule has 8 nitrogen and oxygen atoms in total. The van der Waals surface area contributed by atoms with Crippen molar-refractivity contribution < 1.29 is 27.1 Å². The highest BCUT2D eigenvalue weighted by Crippen LogP contribution is 2.26. The van der Waals surface area contributed by atoms with Crippen LogP contribution in [0.15, 0.2) is 28.0 Å². The monoisotopic (exact) mass is 363 g/mol. The molecule has 1 rings (SSSR count). The molecule has 0 aliphatic carbocycles. The van der Waals surface area contributed by atoms with Crippen molar-refractivity contribution in [3.8, 4) is 0 Å². The molecule has 23 heavy (non-hydrogen) atoms. The average molecular weight is 363 g/mol. The van der Waals surface area contributed by atoms with Crippen molar-refractivity contribution in [3.63, 3.8) is 0 Å². The Hall–Kier alpha value is -1.81. The van der Waals surface area contributed by atoms with E-state index in [2.05, 4.69) is 0 Å². The van der Waals surface area contributed by atoms with E-state index in [1.54, 1.807) is 6.92 Å². The van der Waals surface area contributed by atoms with E-state index < -0.39 is 43.0 Å². The number of nitro benzene ring substituents is 1. The number of benzene rings is 1. The van der Waals surface area contributed by atoms with Crippen LogP contribution in [0.3, 0.4) is 0 Å². The molecule has 0 heterocycles. The van der Waals surface area contributed by atoms with E-state index in [1.165, 1.54) is 0 Å². The second-order valence-corrected chi connectivity index (χ2v) is 8.29. The number of hydrogen-bond acceptors (Lipinski definition) is 7. The highest BCUT2D eigenvalue weighted by molar-refractivity contribution is 7.90. The number of carbonyl (C=O) groups is 1. The molecule has 128 valence electrons. The van der Waals surface area contributed by atoms with Crippen molar-refractivity contribution in [1.82, 2.24) is 0 Å². The fraction of sp³-hybridized carbons (Fsp3) is 0.462. The van der Waals surface area contributed by atoms with E-state index >= 15 is 0 Å². The molecule has 0 amide bonds. The van der Waals surface area contributed by atoms with Gasteiger partial charge in [-0.15, -0.1) is 0 Å². The smallest absolute Gasteiger partial charge is 0.319 e. The number of ether oxygens (including phenoxy) is 1. The highest BCUT2D eigenvalue weighted by atomic mass is 32.2. The van der Waals surface area contributed by atoms with Gasteiger partial charge in [0, 0.05) is 12.3 Å². The van der Waals surface area contributed by atoms with Gasteiger partial charge in [-0.2, -0.15) is 0 Å². The Morgan fingerprint density at radius 2 is 2.04 bits per heavy atom. The molecule has 0 aliphatic rings. The summed E-state index contributed by atoms with van der Waals surface area (Å²) in [5, 5.41) is 11.1. The van der Waals surface area contributed by atoms with Crippen LogP contribution in [-0.4, -0.2) is 41.6 Å². The first-order chi connectivity index (χ1) is 10.6. The van der Waals surface area contributed by atoms with E-state index in [0.29, 0.717) is 6.42 Å². The van der Waals surface area contributed by atoms with Crippen LogP contribution in [0.1, 0.15) is 20.3 Å². The first-order valence-electron chi connectivity index (χ1n) is 6.62. The zero-order valence-corrected chi connectivity index (χ0v) is 14.5. The first-order valence-corrected chi connectivity index (χ1v) is 9.83. The molecule has 1 aromatic carbocycles. The van der Waals surface area contributed by atoms with Crippen molar-refractivity contribution in [1.29, 1.82) is 0 Å². The second kappa shape index (κ2) is 7.64. The van der Waals surface area contributed by atoms with Crippen LogP contribution in [-0.2, 0) is 30.2 Å². The number of nitro groups is 1. The number of nitrogens with zero attached hydrogens (tertiary/aromatic N) is 1. The van der Waals surface area contributed by atoms with Crippen molar-refractivity contribution >= 4 is 32.3 Å². The predicted octanol–water partition coefficient (Wildman–Crippen LogP) is 1.45. The lowest BCUT2D eigenvalue weighted by Crippen LogP contribution is -2.20. The Morgan fingerprint density at radius 1 is 1.43 bits per heavy atom. The van der Waals surface area contributed by atoms with Crippen LogP contribution >= 0.6 is 0 Å². The van der Waals surface area contributed by atoms with Gasteiger partial charge < -0.3 is 4.74 Å². The van der Waals surface area contributed by atoms with Gasteiger partial charge in [0.1, 0.15) is 10.6 Å². The maximum Gasteiger partial charge on any atom is 0.319 e. The van der Waals surface area contributed by atoms with Crippen molar-refractivity contribution in [3.05, 3.63) is 28.3 Å². The Bertz CT molecular complexity index is 743. The third-order valence-corrected chi connectivity index (χ3v) is 5.40. The molecule has 0 bridgehead atoms. The summed E-state index contributed by atoms with van der Waals surface area (Å²) in [4.78, 5) is 21.4. The normalized spacial score (nSPS) is 14.0. The molecule has 2 unspecified atom stereocenters. The Morgan fingerprint density at radius 3 is 2.52 bits per heavy atom. The van der Waals surface area contributed by atoms with Crippen LogP contribution in [0, 0.1) is 10.1 Å². The first kappa shape index (κ1) is 19.2. The summed E-state index contributed by atoms with van der Waals surface area (Å²) in [6.45, 7) is 3.48. The average Bonchev–Trinajstić information content (AvgIpc) is 2.45. The van der Waals surface area contributed by atoms with Gasteiger partial charge >= 0.3 is 5.97 Å². The van der Waals surface area contributed by atoms with Gasteiger partial charge in [0.25, 0.3) is 5.69 Å². The largest absolute Gasteiger partial charge is 0.462 e. The summed E-state index contributed by atoms with van der Waals surface area (Å²) in [6.07, 6.45) is 1.15. The summed E-state index contributed by atoms with van der Waals surface area (Å²) in [5.41, 5.74) is -0.609. The van der Waals surface area contributed by atoms with Crippen LogP contribution in [0.5, 0.6) is 0 Å². The maximum atomic E-state index is 12.2.